The maximum absolute atomic E-state index is 11.1. The van der Waals surface area contributed by atoms with E-state index < -0.39 is 5.97 Å². The maximum atomic E-state index is 11.1. The van der Waals surface area contributed by atoms with Crippen molar-refractivity contribution in [1.82, 2.24) is 9.55 Å². The summed E-state index contributed by atoms with van der Waals surface area (Å²) in [4.78, 5) is 15.7. The third kappa shape index (κ3) is 1.91. The van der Waals surface area contributed by atoms with Crippen LogP contribution in [0.3, 0.4) is 0 Å². The first-order valence-electron chi connectivity index (χ1n) is 6.89. The molecule has 4 heteroatoms. The van der Waals surface area contributed by atoms with Crippen LogP contribution in [0, 0.1) is 5.92 Å². The highest BCUT2D eigenvalue weighted by Gasteiger charge is 2.38. The fourth-order valence-electron chi connectivity index (χ4n) is 2.88. The van der Waals surface area contributed by atoms with Crippen molar-refractivity contribution in [2.24, 2.45) is 5.92 Å². The van der Waals surface area contributed by atoms with E-state index in [2.05, 4.69) is 23.4 Å². The highest BCUT2D eigenvalue weighted by Crippen LogP contribution is 2.47. The van der Waals surface area contributed by atoms with Crippen LogP contribution < -0.4 is 0 Å². The highest BCUT2D eigenvalue weighted by molar-refractivity contribution is 5.92. The van der Waals surface area contributed by atoms with Crippen molar-refractivity contribution in [3.63, 3.8) is 0 Å². The molecule has 1 aromatic carbocycles. The Kier molecular flexibility index (Phi) is 2.81. The molecule has 1 N–H and O–H groups in total. The van der Waals surface area contributed by atoms with Gasteiger partial charge in [-0.05, 0) is 30.5 Å². The van der Waals surface area contributed by atoms with Gasteiger partial charge in [0.2, 0.25) is 0 Å². The average molecular weight is 258 g/mol. The van der Waals surface area contributed by atoms with Gasteiger partial charge in [0.05, 0.1) is 16.6 Å². The summed E-state index contributed by atoms with van der Waals surface area (Å²) in [6, 6.07) is 5.71. The number of fused-ring (bicyclic) bond motifs is 1. The molecular weight excluding hydrogens is 240 g/mol. The lowest BCUT2D eigenvalue weighted by Crippen LogP contribution is -2.03. The summed E-state index contributed by atoms with van der Waals surface area (Å²) in [6.45, 7) is 4.30. The minimum absolute atomic E-state index is 0.338. The Morgan fingerprint density at radius 2 is 2.26 bits per heavy atom. The van der Waals surface area contributed by atoms with E-state index in [1.807, 2.05) is 6.07 Å². The predicted molar refractivity (Wildman–Crippen MR) is 73.5 cm³/mol. The molecule has 100 valence electrons. The molecule has 19 heavy (non-hydrogen) atoms. The van der Waals surface area contributed by atoms with Crippen LogP contribution in [-0.4, -0.2) is 20.6 Å². The van der Waals surface area contributed by atoms with E-state index in [0.717, 1.165) is 29.2 Å². The topological polar surface area (TPSA) is 55.1 Å². The van der Waals surface area contributed by atoms with Gasteiger partial charge in [-0.25, -0.2) is 9.78 Å². The number of nitrogens with zero attached hydrogens (tertiary/aromatic N) is 2. The second kappa shape index (κ2) is 4.37. The number of carbonyl (C=O) groups is 1. The van der Waals surface area contributed by atoms with Gasteiger partial charge >= 0.3 is 5.97 Å². The summed E-state index contributed by atoms with van der Waals surface area (Å²) >= 11 is 0. The Morgan fingerprint density at radius 3 is 2.84 bits per heavy atom. The van der Waals surface area contributed by atoms with Crippen molar-refractivity contribution < 1.29 is 9.90 Å². The number of carboxylic acids is 1. The van der Waals surface area contributed by atoms with Crippen LogP contribution in [0.25, 0.3) is 11.0 Å². The van der Waals surface area contributed by atoms with Crippen LogP contribution in [-0.2, 0) is 6.42 Å². The summed E-state index contributed by atoms with van der Waals surface area (Å²) in [5.74, 6) is 0.908. The molecule has 1 aliphatic carbocycles. The van der Waals surface area contributed by atoms with Gasteiger partial charge in [-0.15, -0.1) is 0 Å². The number of imidazole rings is 1. The van der Waals surface area contributed by atoms with Crippen molar-refractivity contribution >= 4 is 17.0 Å². The Labute approximate surface area is 112 Å². The molecule has 1 aromatic heterocycles. The van der Waals surface area contributed by atoms with Crippen LogP contribution >= 0.6 is 0 Å². The first-order valence-corrected chi connectivity index (χ1v) is 6.89. The first kappa shape index (κ1) is 12.2. The number of hydrogen-bond acceptors (Lipinski definition) is 2. The Bertz CT molecular complexity index is 645. The molecule has 0 bridgehead atoms. The van der Waals surface area contributed by atoms with E-state index in [4.69, 9.17) is 5.11 Å². The van der Waals surface area contributed by atoms with Crippen LogP contribution in [0.4, 0.5) is 0 Å². The molecule has 2 aromatic rings. The van der Waals surface area contributed by atoms with Gasteiger partial charge in [-0.1, -0.05) is 20.3 Å². The SMILES string of the molecule is CCc1nc2ccc(C(=O)O)cc2n1C1CC1CC. The first-order chi connectivity index (χ1) is 9.15. The minimum Gasteiger partial charge on any atom is -0.478 e. The summed E-state index contributed by atoms with van der Waals surface area (Å²) in [6.07, 6.45) is 3.24. The fraction of sp³-hybridized carbons (Fsp3) is 0.467. The largest absolute Gasteiger partial charge is 0.478 e. The van der Waals surface area contributed by atoms with Gasteiger partial charge in [0.25, 0.3) is 0 Å². The number of aromatic carboxylic acids is 1. The molecule has 1 fully saturated rings. The van der Waals surface area contributed by atoms with Gasteiger partial charge in [-0.2, -0.15) is 0 Å². The second-order valence-corrected chi connectivity index (χ2v) is 5.23. The van der Waals surface area contributed by atoms with E-state index >= 15 is 0 Å². The third-order valence-corrected chi connectivity index (χ3v) is 4.07. The number of hydrogen-bond donors (Lipinski definition) is 1. The maximum Gasteiger partial charge on any atom is 0.335 e. The fourth-order valence-corrected chi connectivity index (χ4v) is 2.88. The Hall–Kier alpha value is -1.84. The lowest BCUT2D eigenvalue weighted by Gasteiger charge is -2.07. The van der Waals surface area contributed by atoms with Gasteiger partial charge in [0.1, 0.15) is 5.82 Å². The molecule has 0 saturated heterocycles. The molecule has 0 aliphatic heterocycles. The normalized spacial score (nSPS) is 21.8. The molecule has 2 unspecified atom stereocenters. The van der Waals surface area contributed by atoms with Gasteiger partial charge < -0.3 is 9.67 Å². The van der Waals surface area contributed by atoms with E-state index in [0.29, 0.717) is 11.6 Å². The lowest BCUT2D eigenvalue weighted by atomic mass is 10.2. The molecule has 3 rings (SSSR count). The Balaban J connectivity index is 2.16. The molecule has 0 spiro atoms. The minimum atomic E-state index is -0.879. The van der Waals surface area contributed by atoms with Crippen molar-refractivity contribution in [2.45, 2.75) is 39.2 Å². The monoisotopic (exact) mass is 258 g/mol. The summed E-state index contributed by atoms with van der Waals surface area (Å²) in [7, 11) is 0. The van der Waals surface area contributed by atoms with Crippen molar-refractivity contribution in [3.8, 4) is 0 Å². The molecule has 1 saturated carbocycles. The summed E-state index contributed by atoms with van der Waals surface area (Å²) in [5.41, 5.74) is 2.21. The lowest BCUT2D eigenvalue weighted by molar-refractivity contribution is 0.0697. The van der Waals surface area contributed by atoms with E-state index in [1.54, 1.807) is 12.1 Å². The summed E-state index contributed by atoms with van der Waals surface area (Å²) < 4.78 is 2.26. The number of benzene rings is 1. The molecule has 0 radical (unpaired) electrons. The van der Waals surface area contributed by atoms with Crippen molar-refractivity contribution in [3.05, 3.63) is 29.6 Å². The van der Waals surface area contributed by atoms with Gasteiger partial charge in [-0.3, -0.25) is 0 Å². The standard InChI is InChI=1S/C15H18N2O2/c1-3-9-7-12(9)17-13-8-10(15(18)19)5-6-11(13)16-14(17)4-2/h5-6,8-9,12H,3-4,7H2,1-2H3,(H,18,19). The number of carboxylic acid groups (broad SMARTS) is 1. The van der Waals surface area contributed by atoms with E-state index in [1.165, 1.54) is 12.8 Å². The summed E-state index contributed by atoms with van der Waals surface area (Å²) in [5, 5.41) is 9.12. The van der Waals surface area contributed by atoms with Crippen LogP contribution in [0.15, 0.2) is 18.2 Å². The molecule has 1 aliphatic rings. The van der Waals surface area contributed by atoms with Crippen molar-refractivity contribution in [1.29, 1.82) is 0 Å². The smallest absolute Gasteiger partial charge is 0.335 e. The Morgan fingerprint density at radius 1 is 1.47 bits per heavy atom. The number of rotatable bonds is 4. The molecule has 4 nitrogen and oxygen atoms in total. The second-order valence-electron chi connectivity index (χ2n) is 5.23. The van der Waals surface area contributed by atoms with E-state index in [9.17, 15) is 4.79 Å². The highest BCUT2D eigenvalue weighted by atomic mass is 16.4. The molecule has 2 atom stereocenters. The average Bonchev–Trinajstić information content (AvgIpc) is 3.09. The van der Waals surface area contributed by atoms with Crippen molar-refractivity contribution in [2.75, 3.05) is 0 Å². The predicted octanol–water partition coefficient (Wildman–Crippen LogP) is 3.27. The quantitative estimate of drug-likeness (QED) is 0.915. The van der Waals surface area contributed by atoms with Crippen LogP contribution in [0.5, 0.6) is 0 Å². The zero-order valence-corrected chi connectivity index (χ0v) is 11.3. The number of aryl methyl sites for hydroxylation is 1. The van der Waals surface area contributed by atoms with E-state index in [-0.39, 0.29) is 0 Å². The van der Waals surface area contributed by atoms with Crippen LogP contribution in [0.2, 0.25) is 0 Å². The molecular formula is C15H18N2O2. The third-order valence-electron chi connectivity index (χ3n) is 4.07. The van der Waals surface area contributed by atoms with Gasteiger partial charge in [0.15, 0.2) is 0 Å². The number of aromatic nitrogens is 2. The molecule has 0 amide bonds. The molecule has 1 heterocycles. The zero-order chi connectivity index (χ0) is 13.6. The van der Waals surface area contributed by atoms with Gasteiger partial charge in [0, 0.05) is 12.5 Å². The van der Waals surface area contributed by atoms with Crippen LogP contribution in [0.1, 0.15) is 48.9 Å². The zero-order valence-electron chi connectivity index (χ0n) is 11.3.